The van der Waals surface area contributed by atoms with Crippen LogP contribution in [-0.2, 0) is 0 Å². The summed E-state index contributed by atoms with van der Waals surface area (Å²) in [6.07, 6.45) is 7.69. The van der Waals surface area contributed by atoms with E-state index in [1.807, 2.05) is 0 Å². The van der Waals surface area contributed by atoms with Crippen molar-refractivity contribution < 1.29 is 0 Å². The van der Waals surface area contributed by atoms with Crippen molar-refractivity contribution in [2.24, 2.45) is 11.5 Å². The fourth-order valence-corrected chi connectivity index (χ4v) is 1.05. The highest BCUT2D eigenvalue weighted by Gasteiger charge is 1.84. The standard InChI is InChI=1S/2C6H12N2/c2*7-5-3-1-2-4-6-8/h2*1-5,7H2. The fraction of sp³-hybridized carbons (Fsp3) is 0.833. The Bertz CT molecular complexity index is 168. The molecule has 16 heavy (non-hydrogen) atoms. The van der Waals surface area contributed by atoms with Crippen LogP contribution in [0.5, 0.6) is 0 Å². The number of hydrogen-bond donors (Lipinski definition) is 2. The minimum Gasteiger partial charge on any atom is -0.330 e. The second-order valence-electron chi connectivity index (χ2n) is 3.51. The molecule has 0 amide bonds. The minimum absolute atomic E-state index is 0.681. The van der Waals surface area contributed by atoms with E-state index in [1.165, 1.54) is 0 Å². The van der Waals surface area contributed by atoms with Crippen LogP contribution in [-0.4, -0.2) is 13.1 Å². The molecule has 4 nitrogen and oxygen atoms in total. The van der Waals surface area contributed by atoms with Crippen molar-refractivity contribution in [2.45, 2.75) is 51.4 Å². The van der Waals surface area contributed by atoms with E-state index in [-0.39, 0.29) is 0 Å². The number of nitrogens with zero attached hydrogens (tertiary/aromatic N) is 2. The predicted octanol–water partition coefficient (Wildman–Crippen LogP) is 2.06. The van der Waals surface area contributed by atoms with Gasteiger partial charge in [0, 0.05) is 12.8 Å². The van der Waals surface area contributed by atoms with Crippen LogP contribution in [0, 0.1) is 22.7 Å². The largest absolute Gasteiger partial charge is 0.330 e. The molecule has 0 fully saturated rings. The summed E-state index contributed by atoms with van der Waals surface area (Å²) in [5, 5.41) is 16.2. The molecule has 0 heterocycles. The first-order valence-electron chi connectivity index (χ1n) is 5.97. The van der Waals surface area contributed by atoms with Crippen LogP contribution in [0.1, 0.15) is 51.4 Å². The second-order valence-corrected chi connectivity index (χ2v) is 3.51. The van der Waals surface area contributed by atoms with Crippen LogP contribution < -0.4 is 11.5 Å². The monoisotopic (exact) mass is 224 g/mol. The zero-order chi connectivity index (χ0) is 12.5. The van der Waals surface area contributed by atoms with E-state index < -0.39 is 0 Å². The average molecular weight is 224 g/mol. The molecule has 0 aromatic rings. The van der Waals surface area contributed by atoms with E-state index in [0.29, 0.717) is 12.8 Å². The lowest BCUT2D eigenvalue weighted by Crippen LogP contribution is -1.97. The lowest BCUT2D eigenvalue weighted by atomic mass is 10.2. The highest BCUT2D eigenvalue weighted by molar-refractivity contribution is 4.68. The topological polar surface area (TPSA) is 99.6 Å². The van der Waals surface area contributed by atoms with Gasteiger partial charge in [0.15, 0.2) is 0 Å². The third-order valence-corrected chi connectivity index (χ3v) is 1.99. The summed E-state index contributed by atoms with van der Waals surface area (Å²) in [7, 11) is 0. The van der Waals surface area contributed by atoms with Gasteiger partial charge in [-0.2, -0.15) is 10.5 Å². The van der Waals surface area contributed by atoms with Crippen molar-refractivity contribution in [1.29, 1.82) is 10.5 Å². The first-order chi connectivity index (χ1) is 7.83. The molecule has 0 saturated heterocycles. The molecule has 0 atom stereocenters. The predicted molar refractivity (Wildman–Crippen MR) is 66.3 cm³/mol. The molecular weight excluding hydrogens is 200 g/mol. The quantitative estimate of drug-likeness (QED) is 0.616. The molecule has 0 unspecified atom stereocenters. The molecule has 4 N–H and O–H groups in total. The lowest BCUT2D eigenvalue weighted by Gasteiger charge is -1.89. The highest BCUT2D eigenvalue weighted by atomic mass is 14.5. The summed E-state index contributed by atoms with van der Waals surface area (Å²) in [6.45, 7) is 1.51. The van der Waals surface area contributed by atoms with Crippen molar-refractivity contribution in [1.82, 2.24) is 0 Å². The van der Waals surface area contributed by atoms with Crippen LogP contribution >= 0.6 is 0 Å². The van der Waals surface area contributed by atoms with Crippen LogP contribution in [0.3, 0.4) is 0 Å². The van der Waals surface area contributed by atoms with Crippen molar-refractivity contribution in [3.8, 4) is 12.1 Å². The van der Waals surface area contributed by atoms with E-state index in [4.69, 9.17) is 22.0 Å². The summed E-state index contributed by atoms with van der Waals surface area (Å²) >= 11 is 0. The first-order valence-corrected chi connectivity index (χ1v) is 5.97. The Morgan fingerprint density at radius 2 is 1.00 bits per heavy atom. The van der Waals surface area contributed by atoms with Crippen molar-refractivity contribution in [2.75, 3.05) is 13.1 Å². The fourth-order valence-electron chi connectivity index (χ4n) is 1.05. The van der Waals surface area contributed by atoms with Crippen LogP contribution in [0.4, 0.5) is 0 Å². The van der Waals surface area contributed by atoms with E-state index in [0.717, 1.165) is 51.6 Å². The number of rotatable bonds is 8. The Hall–Kier alpha value is -1.10. The minimum atomic E-state index is 0.681. The van der Waals surface area contributed by atoms with Gasteiger partial charge in [0.1, 0.15) is 0 Å². The van der Waals surface area contributed by atoms with Gasteiger partial charge in [0.25, 0.3) is 0 Å². The third-order valence-electron chi connectivity index (χ3n) is 1.99. The molecule has 0 radical (unpaired) electrons. The maximum absolute atomic E-state index is 8.08. The molecule has 0 aliphatic carbocycles. The number of hydrogen-bond acceptors (Lipinski definition) is 4. The molecule has 0 aliphatic heterocycles. The third kappa shape index (κ3) is 23.1. The van der Waals surface area contributed by atoms with Gasteiger partial charge in [0.05, 0.1) is 12.1 Å². The number of nitrogens with two attached hydrogens (primary N) is 2. The van der Waals surface area contributed by atoms with Crippen LogP contribution in [0.15, 0.2) is 0 Å². The summed E-state index contributed by atoms with van der Waals surface area (Å²) in [6, 6.07) is 4.17. The normalized spacial score (nSPS) is 8.50. The number of unbranched alkanes of at least 4 members (excludes halogenated alkanes) is 6. The SMILES string of the molecule is N#CCCCCCN.N#CCCCCCN. The van der Waals surface area contributed by atoms with Gasteiger partial charge >= 0.3 is 0 Å². The molecular formula is C12H24N4. The van der Waals surface area contributed by atoms with E-state index >= 15 is 0 Å². The summed E-state index contributed by atoms with van der Waals surface area (Å²) in [5.41, 5.74) is 10.5. The zero-order valence-electron chi connectivity index (χ0n) is 10.1. The summed E-state index contributed by atoms with van der Waals surface area (Å²) in [4.78, 5) is 0. The first kappa shape index (κ1) is 17.3. The maximum Gasteiger partial charge on any atom is 0.0621 e. The molecule has 0 aromatic heterocycles. The lowest BCUT2D eigenvalue weighted by molar-refractivity contribution is 0.699. The molecule has 0 aliphatic rings. The Balaban J connectivity index is 0. The van der Waals surface area contributed by atoms with Crippen molar-refractivity contribution in [3.63, 3.8) is 0 Å². The molecule has 0 saturated carbocycles. The highest BCUT2D eigenvalue weighted by Crippen LogP contribution is 1.96. The van der Waals surface area contributed by atoms with Gasteiger partial charge in [-0.3, -0.25) is 0 Å². The molecule has 92 valence electrons. The number of nitriles is 2. The molecule has 0 rings (SSSR count). The Labute approximate surface area is 99.2 Å². The van der Waals surface area contributed by atoms with Gasteiger partial charge < -0.3 is 11.5 Å². The van der Waals surface area contributed by atoms with E-state index in [2.05, 4.69) is 12.1 Å². The maximum atomic E-state index is 8.08. The zero-order valence-corrected chi connectivity index (χ0v) is 10.1. The van der Waals surface area contributed by atoms with Crippen molar-refractivity contribution >= 4 is 0 Å². The van der Waals surface area contributed by atoms with Crippen LogP contribution in [0.25, 0.3) is 0 Å². The molecule has 0 bridgehead atoms. The second kappa shape index (κ2) is 19.5. The van der Waals surface area contributed by atoms with E-state index in [1.54, 1.807) is 0 Å². The average Bonchev–Trinajstić information content (AvgIpc) is 2.31. The van der Waals surface area contributed by atoms with Crippen molar-refractivity contribution in [3.05, 3.63) is 0 Å². The Morgan fingerprint density at radius 1 is 0.625 bits per heavy atom. The smallest absolute Gasteiger partial charge is 0.0621 e. The molecule has 0 spiro atoms. The van der Waals surface area contributed by atoms with Gasteiger partial charge in [-0.25, -0.2) is 0 Å². The molecule has 0 aromatic carbocycles. The summed E-state index contributed by atoms with van der Waals surface area (Å²) in [5.74, 6) is 0. The van der Waals surface area contributed by atoms with Crippen LogP contribution in [0.2, 0.25) is 0 Å². The summed E-state index contributed by atoms with van der Waals surface area (Å²) < 4.78 is 0. The van der Waals surface area contributed by atoms with Gasteiger partial charge in [-0.15, -0.1) is 0 Å². The Kier molecular flexibility index (Phi) is 21.1. The van der Waals surface area contributed by atoms with Gasteiger partial charge in [-0.1, -0.05) is 12.8 Å². The van der Waals surface area contributed by atoms with E-state index in [9.17, 15) is 0 Å². The van der Waals surface area contributed by atoms with Gasteiger partial charge in [0.2, 0.25) is 0 Å². The molecule has 4 heteroatoms. The Morgan fingerprint density at radius 3 is 1.25 bits per heavy atom. The van der Waals surface area contributed by atoms with Gasteiger partial charge in [-0.05, 0) is 38.8 Å².